The van der Waals surface area contributed by atoms with E-state index in [9.17, 15) is 14.4 Å². The third-order valence-electron chi connectivity index (χ3n) is 6.47. The molecular formula is C28H28N2O7. The molecule has 0 atom stereocenters. The zero-order valence-corrected chi connectivity index (χ0v) is 20.9. The van der Waals surface area contributed by atoms with Gasteiger partial charge in [-0.15, -0.1) is 0 Å². The largest absolute Gasteiger partial charge is 0.493 e. The number of aliphatic carboxylic acids is 1. The summed E-state index contributed by atoms with van der Waals surface area (Å²) in [4.78, 5) is 42.9. The first kappa shape index (κ1) is 25.7. The highest BCUT2D eigenvalue weighted by Crippen LogP contribution is 2.42. The van der Waals surface area contributed by atoms with Crippen LogP contribution >= 0.6 is 0 Å². The van der Waals surface area contributed by atoms with Crippen molar-refractivity contribution in [1.29, 1.82) is 0 Å². The number of likely N-dealkylation sites (tertiary alicyclic amines) is 1. The highest BCUT2D eigenvalue weighted by atomic mass is 16.5. The first-order valence-corrected chi connectivity index (χ1v) is 11.8. The van der Waals surface area contributed by atoms with Crippen molar-refractivity contribution in [2.24, 2.45) is 5.92 Å². The highest BCUT2D eigenvalue weighted by Gasteiger charge is 2.27. The molecule has 192 valence electrons. The lowest BCUT2D eigenvalue weighted by Crippen LogP contribution is -2.40. The lowest BCUT2D eigenvalue weighted by atomic mass is 9.96. The quantitative estimate of drug-likeness (QED) is 0.360. The molecule has 0 unspecified atom stereocenters. The number of hydrogen-bond donors (Lipinski definition) is 1. The van der Waals surface area contributed by atoms with Crippen molar-refractivity contribution in [2.45, 2.75) is 12.8 Å². The van der Waals surface area contributed by atoms with Crippen molar-refractivity contribution in [3.63, 3.8) is 0 Å². The second-order valence-electron chi connectivity index (χ2n) is 8.63. The highest BCUT2D eigenvalue weighted by molar-refractivity contribution is 6.07. The van der Waals surface area contributed by atoms with E-state index in [-0.39, 0.29) is 11.7 Å². The molecule has 1 fully saturated rings. The van der Waals surface area contributed by atoms with E-state index < -0.39 is 11.9 Å². The van der Waals surface area contributed by atoms with Crippen molar-refractivity contribution >= 4 is 34.6 Å². The fraction of sp³-hybridized carbons (Fsp3) is 0.286. The standard InChI is InChI=1S/C28H28N2O7/c1-35-24-16-22-21(25(36-2)26(24)37-3)10-8-20(29-22)9-11-23(31)17-4-6-18(7-5-17)27(32)30-14-12-19(13-15-30)28(33)34/h4-11,16,19H,12-15H2,1-3H3,(H,33,34). The van der Waals surface area contributed by atoms with Gasteiger partial charge in [0.1, 0.15) is 0 Å². The predicted octanol–water partition coefficient (Wildman–Crippen LogP) is 4.09. The summed E-state index contributed by atoms with van der Waals surface area (Å²) in [5.74, 6) is -0.144. The maximum absolute atomic E-state index is 12.8. The summed E-state index contributed by atoms with van der Waals surface area (Å²) in [6.07, 6.45) is 3.94. The van der Waals surface area contributed by atoms with Gasteiger partial charge in [-0.05, 0) is 49.3 Å². The summed E-state index contributed by atoms with van der Waals surface area (Å²) in [5, 5.41) is 9.87. The van der Waals surface area contributed by atoms with Crippen molar-refractivity contribution in [1.82, 2.24) is 9.88 Å². The molecule has 0 spiro atoms. The third-order valence-corrected chi connectivity index (χ3v) is 6.47. The number of rotatable bonds is 8. The number of amides is 1. The van der Waals surface area contributed by atoms with E-state index in [0.717, 1.165) is 5.39 Å². The van der Waals surface area contributed by atoms with Crippen LogP contribution in [0.3, 0.4) is 0 Å². The summed E-state index contributed by atoms with van der Waals surface area (Å²) in [6, 6.07) is 11.8. The van der Waals surface area contributed by atoms with Gasteiger partial charge in [-0.3, -0.25) is 14.4 Å². The van der Waals surface area contributed by atoms with E-state index in [2.05, 4.69) is 4.98 Å². The first-order valence-electron chi connectivity index (χ1n) is 11.8. The number of carboxylic acids is 1. The van der Waals surface area contributed by atoms with Crippen LogP contribution in [0.4, 0.5) is 0 Å². The molecule has 3 aromatic rings. The molecule has 4 rings (SSSR count). The second-order valence-corrected chi connectivity index (χ2v) is 8.63. The minimum atomic E-state index is -0.818. The van der Waals surface area contributed by atoms with Crippen LogP contribution in [0.1, 0.15) is 39.3 Å². The molecule has 9 heteroatoms. The Labute approximate surface area is 214 Å². The number of fused-ring (bicyclic) bond motifs is 1. The van der Waals surface area contributed by atoms with Crippen molar-refractivity contribution in [3.8, 4) is 17.2 Å². The zero-order valence-electron chi connectivity index (χ0n) is 20.9. The van der Waals surface area contributed by atoms with E-state index >= 15 is 0 Å². The lowest BCUT2D eigenvalue weighted by Gasteiger charge is -2.30. The van der Waals surface area contributed by atoms with E-state index in [0.29, 0.717) is 65.5 Å². The molecule has 1 saturated heterocycles. The Morgan fingerprint density at radius 1 is 0.919 bits per heavy atom. The van der Waals surface area contributed by atoms with Gasteiger partial charge in [-0.25, -0.2) is 4.98 Å². The SMILES string of the molecule is COc1cc2nc(C=CC(=O)c3ccc(C(=O)N4CCC(C(=O)O)CC4)cc3)ccc2c(OC)c1OC. The summed E-state index contributed by atoms with van der Waals surface area (Å²) in [7, 11) is 4.61. The molecule has 0 radical (unpaired) electrons. The molecule has 2 aromatic carbocycles. The van der Waals surface area contributed by atoms with E-state index in [1.807, 2.05) is 6.07 Å². The van der Waals surface area contributed by atoms with Crippen LogP contribution in [0.5, 0.6) is 17.2 Å². The van der Waals surface area contributed by atoms with Gasteiger partial charge in [0.05, 0.1) is 38.5 Å². The van der Waals surface area contributed by atoms with Gasteiger partial charge in [-0.1, -0.05) is 12.1 Å². The molecule has 9 nitrogen and oxygen atoms in total. The molecular weight excluding hydrogens is 476 g/mol. The number of carbonyl (C=O) groups is 3. The fourth-order valence-electron chi connectivity index (χ4n) is 4.40. The number of methoxy groups -OCH3 is 3. The summed E-state index contributed by atoms with van der Waals surface area (Å²) in [5.41, 5.74) is 2.10. The summed E-state index contributed by atoms with van der Waals surface area (Å²) in [6.45, 7) is 0.811. The minimum absolute atomic E-state index is 0.166. The Bertz CT molecular complexity index is 1360. The molecule has 1 N–H and O–H groups in total. The van der Waals surface area contributed by atoms with Crippen molar-refractivity contribution in [3.05, 3.63) is 65.4 Å². The van der Waals surface area contributed by atoms with Crippen LogP contribution in [0.15, 0.2) is 48.5 Å². The molecule has 1 amide bonds. The molecule has 2 heterocycles. The lowest BCUT2D eigenvalue weighted by molar-refractivity contribution is -0.143. The maximum Gasteiger partial charge on any atom is 0.306 e. The van der Waals surface area contributed by atoms with Crippen LogP contribution in [-0.4, -0.2) is 67.1 Å². The topological polar surface area (TPSA) is 115 Å². The van der Waals surface area contributed by atoms with Crippen LogP contribution in [-0.2, 0) is 4.79 Å². The molecule has 37 heavy (non-hydrogen) atoms. The Morgan fingerprint density at radius 3 is 2.16 bits per heavy atom. The van der Waals surface area contributed by atoms with Crippen LogP contribution in [0, 0.1) is 5.92 Å². The maximum atomic E-state index is 12.8. The zero-order chi connectivity index (χ0) is 26.5. The monoisotopic (exact) mass is 504 g/mol. The van der Waals surface area contributed by atoms with Crippen molar-refractivity contribution in [2.75, 3.05) is 34.4 Å². The normalized spacial score (nSPS) is 14.1. The number of benzene rings is 2. The smallest absolute Gasteiger partial charge is 0.306 e. The van der Waals surface area contributed by atoms with E-state index in [4.69, 9.17) is 19.3 Å². The van der Waals surface area contributed by atoms with Gasteiger partial charge in [0.2, 0.25) is 5.75 Å². The minimum Gasteiger partial charge on any atom is -0.493 e. The number of ketones is 1. The number of carbonyl (C=O) groups excluding carboxylic acids is 2. The molecule has 1 aliphatic rings. The van der Waals surface area contributed by atoms with Gasteiger partial charge < -0.3 is 24.2 Å². The third kappa shape index (κ3) is 5.40. The van der Waals surface area contributed by atoms with E-state index in [1.165, 1.54) is 20.3 Å². The van der Waals surface area contributed by atoms with E-state index in [1.54, 1.807) is 54.5 Å². The average Bonchev–Trinajstić information content (AvgIpc) is 2.94. The number of ether oxygens (including phenoxy) is 3. The second kappa shape index (κ2) is 11.1. The summed E-state index contributed by atoms with van der Waals surface area (Å²) >= 11 is 0. The van der Waals surface area contributed by atoms with Gasteiger partial charge in [0.15, 0.2) is 17.3 Å². The number of hydrogen-bond acceptors (Lipinski definition) is 7. The number of pyridine rings is 1. The predicted molar refractivity (Wildman–Crippen MR) is 137 cm³/mol. The molecule has 0 saturated carbocycles. The van der Waals surface area contributed by atoms with Gasteiger partial charge >= 0.3 is 5.97 Å². The molecule has 1 aromatic heterocycles. The average molecular weight is 505 g/mol. The van der Waals surface area contributed by atoms with Crippen LogP contribution in [0.25, 0.3) is 17.0 Å². The molecule has 0 aliphatic carbocycles. The first-order chi connectivity index (χ1) is 17.9. The fourth-order valence-corrected chi connectivity index (χ4v) is 4.40. The number of aromatic nitrogens is 1. The van der Waals surface area contributed by atoms with Crippen molar-refractivity contribution < 1.29 is 33.7 Å². The number of piperidine rings is 1. The Kier molecular flexibility index (Phi) is 7.71. The van der Waals surface area contributed by atoms with Crippen LogP contribution < -0.4 is 14.2 Å². The Morgan fingerprint density at radius 2 is 1.57 bits per heavy atom. The number of carboxylic acid groups (broad SMARTS) is 1. The number of nitrogens with zero attached hydrogens (tertiary/aromatic N) is 2. The van der Waals surface area contributed by atoms with Gasteiger partial charge in [-0.2, -0.15) is 0 Å². The molecule has 0 bridgehead atoms. The number of allylic oxidation sites excluding steroid dienone is 1. The van der Waals surface area contributed by atoms with Gasteiger partial charge in [0, 0.05) is 35.7 Å². The van der Waals surface area contributed by atoms with Crippen LogP contribution in [0.2, 0.25) is 0 Å². The van der Waals surface area contributed by atoms with Gasteiger partial charge in [0.25, 0.3) is 5.91 Å². The Balaban J connectivity index is 1.46. The summed E-state index contributed by atoms with van der Waals surface area (Å²) < 4.78 is 16.3. The Hall–Kier alpha value is -4.40. The molecule has 1 aliphatic heterocycles.